The largest absolute Gasteiger partial charge is 0.350 e. The number of aromatic nitrogens is 2. The van der Waals surface area contributed by atoms with E-state index in [-0.39, 0.29) is 5.91 Å². The summed E-state index contributed by atoms with van der Waals surface area (Å²) in [4.78, 5) is 16.3. The van der Waals surface area contributed by atoms with Crippen LogP contribution in [0.2, 0.25) is 0 Å². The van der Waals surface area contributed by atoms with Crippen molar-refractivity contribution >= 4 is 22.6 Å². The molecule has 0 aliphatic heterocycles. The van der Waals surface area contributed by atoms with Gasteiger partial charge in [0, 0.05) is 30.3 Å². The molecule has 1 N–H and O–H groups in total. The molecule has 0 atom stereocenters. The first-order valence-electron chi connectivity index (χ1n) is 6.89. The zero-order valence-electron chi connectivity index (χ0n) is 12.1. The van der Waals surface area contributed by atoms with Crippen LogP contribution in [0.15, 0.2) is 48.8 Å². The number of pyridine rings is 1. The third-order valence-corrected chi connectivity index (χ3v) is 3.51. The first kappa shape index (κ1) is 13.4. The first-order chi connectivity index (χ1) is 10.1. The molecule has 0 saturated carbocycles. The molecule has 2 aromatic heterocycles. The molecule has 0 aliphatic rings. The monoisotopic (exact) mass is 279 g/mol. The highest BCUT2D eigenvalue weighted by Crippen LogP contribution is 2.21. The lowest BCUT2D eigenvalue weighted by molar-refractivity contribution is -0.115. The van der Waals surface area contributed by atoms with Crippen LogP contribution in [0.25, 0.3) is 10.9 Å². The van der Waals surface area contributed by atoms with Gasteiger partial charge in [-0.15, -0.1) is 0 Å². The van der Waals surface area contributed by atoms with Crippen molar-refractivity contribution < 1.29 is 4.79 Å². The Kier molecular flexibility index (Phi) is 3.44. The number of carbonyl (C=O) groups is 1. The Morgan fingerprint density at radius 3 is 2.81 bits per heavy atom. The van der Waals surface area contributed by atoms with Crippen molar-refractivity contribution in [3.05, 3.63) is 59.9 Å². The van der Waals surface area contributed by atoms with E-state index < -0.39 is 0 Å². The van der Waals surface area contributed by atoms with Gasteiger partial charge in [-0.1, -0.05) is 24.3 Å². The van der Waals surface area contributed by atoms with Crippen LogP contribution in [0.5, 0.6) is 0 Å². The molecule has 0 saturated heterocycles. The summed E-state index contributed by atoms with van der Waals surface area (Å²) >= 11 is 0. The number of nitrogens with one attached hydrogen (secondary N) is 1. The second-order valence-electron chi connectivity index (χ2n) is 5.23. The maximum absolute atomic E-state index is 12.2. The van der Waals surface area contributed by atoms with E-state index in [0.717, 1.165) is 22.0 Å². The van der Waals surface area contributed by atoms with Gasteiger partial charge in [0.1, 0.15) is 5.82 Å². The highest BCUT2D eigenvalue weighted by molar-refractivity contribution is 5.95. The number of anilines is 1. The standard InChI is InChI=1S/C17H17N3O/c1-12-7-8-16(18-10-12)19-17(21)9-13-11-20(2)15-6-4-3-5-14(13)15/h3-8,10-11H,9H2,1-2H3,(H,18,19,21). The Hall–Kier alpha value is -2.62. The maximum atomic E-state index is 12.2. The molecule has 0 aliphatic carbocycles. The van der Waals surface area contributed by atoms with Gasteiger partial charge in [0.15, 0.2) is 0 Å². The second kappa shape index (κ2) is 5.40. The SMILES string of the molecule is Cc1ccc(NC(=O)Cc2cn(C)c3ccccc23)nc1. The van der Waals surface area contributed by atoms with Crippen LogP contribution >= 0.6 is 0 Å². The summed E-state index contributed by atoms with van der Waals surface area (Å²) in [5.41, 5.74) is 3.23. The van der Waals surface area contributed by atoms with Gasteiger partial charge >= 0.3 is 0 Å². The van der Waals surface area contributed by atoms with Crippen LogP contribution in [0.1, 0.15) is 11.1 Å². The van der Waals surface area contributed by atoms with Gasteiger partial charge < -0.3 is 9.88 Å². The first-order valence-corrected chi connectivity index (χ1v) is 6.89. The zero-order chi connectivity index (χ0) is 14.8. The van der Waals surface area contributed by atoms with Crippen LogP contribution in [0.3, 0.4) is 0 Å². The molecule has 3 rings (SSSR count). The fraction of sp³-hybridized carbons (Fsp3) is 0.176. The van der Waals surface area contributed by atoms with Crippen molar-refractivity contribution in [3.63, 3.8) is 0 Å². The molecule has 21 heavy (non-hydrogen) atoms. The minimum atomic E-state index is -0.0530. The molecule has 4 nitrogen and oxygen atoms in total. The fourth-order valence-corrected chi connectivity index (χ4v) is 2.47. The number of benzene rings is 1. The van der Waals surface area contributed by atoms with Gasteiger partial charge in [-0.05, 0) is 30.2 Å². The van der Waals surface area contributed by atoms with Crippen LogP contribution in [0.4, 0.5) is 5.82 Å². The molecule has 0 fully saturated rings. The van der Waals surface area contributed by atoms with Crippen molar-refractivity contribution in [1.29, 1.82) is 0 Å². The Morgan fingerprint density at radius 2 is 2.05 bits per heavy atom. The lowest BCUT2D eigenvalue weighted by Crippen LogP contribution is -2.15. The summed E-state index contributed by atoms with van der Waals surface area (Å²) in [7, 11) is 1.99. The molecule has 2 heterocycles. The minimum absolute atomic E-state index is 0.0530. The molecule has 3 aromatic rings. The predicted octanol–water partition coefficient (Wildman–Crippen LogP) is 3.06. The van der Waals surface area contributed by atoms with Crippen molar-refractivity contribution in [1.82, 2.24) is 9.55 Å². The maximum Gasteiger partial charge on any atom is 0.230 e. The number of carbonyl (C=O) groups excluding carboxylic acids is 1. The zero-order valence-corrected chi connectivity index (χ0v) is 12.1. The van der Waals surface area contributed by atoms with Crippen molar-refractivity contribution in [3.8, 4) is 0 Å². The van der Waals surface area contributed by atoms with Crippen LogP contribution in [-0.4, -0.2) is 15.5 Å². The van der Waals surface area contributed by atoms with Gasteiger partial charge in [0.2, 0.25) is 5.91 Å². The summed E-state index contributed by atoms with van der Waals surface area (Å²) < 4.78 is 2.04. The minimum Gasteiger partial charge on any atom is -0.350 e. The van der Waals surface area contributed by atoms with E-state index in [1.165, 1.54) is 0 Å². The molecular formula is C17H17N3O. The van der Waals surface area contributed by atoms with Crippen molar-refractivity contribution in [2.45, 2.75) is 13.3 Å². The fourth-order valence-electron chi connectivity index (χ4n) is 2.47. The topological polar surface area (TPSA) is 46.9 Å². The second-order valence-corrected chi connectivity index (χ2v) is 5.23. The van der Waals surface area contributed by atoms with Crippen LogP contribution < -0.4 is 5.32 Å². The number of amides is 1. The van der Waals surface area contributed by atoms with Gasteiger partial charge in [0.05, 0.1) is 6.42 Å². The quantitative estimate of drug-likeness (QED) is 0.801. The van der Waals surface area contributed by atoms with E-state index in [1.54, 1.807) is 6.20 Å². The Bertz CT molecular complexity index is 787. The lowest BCUT2D eigenvalue weighted by Gasteiger charge is -2.04. The Labute approximate surface area is 123 Å². The van der Waals surface area contributed by atoms with Crippen LogP contribution in [0, 0.1) is 6.92 Å². The Morgan fingerprint density at radius 1 is 1.24 bits per heavy atom. The molecular weight excluding hydrogens is 262 g/mol. The highest BCUT2D eigenvalue weighted by atomic mass is 16.1. The van der Waals surface area contributed by atoms with E-state index in [4.69, 9.17) is 0 Å². The third-order valence-electron chi connectivity index (χ3n) is 3.51. The summed E-state index contributed by atoms with van der Waals surface area (Å²) in [6.07, 6.45) is 4.09. The molecule has 1 aromatic carbocycles. The third kappa shape index (κ3) is 2.79. The number of aryl methyl sites for hydroxylation is 2. The van der Waals surface area contributed by atoms with Crippen LogP contribution in [-0.2, 0) is 18.3 Å². The molecule has 0 bridgehead atoms. The highest BCUT2D eigenvalue weighted by Gasteiger charge is 2.10. The summed E-state index contributed by atoms with van der Waals surface area (Å²) in [5.74, 6) is 0.536. The summed E-state index contributed by atoms with van der Waals surface area (Å²) in [5, 5.41) is 3.95. The average Bonchev–Trinajstić information content (AvgIpc) is 2.78. The van der Waals surface area contributed by atoms with E-state index >= 15 is 0 Å². The number of hydrogen-bond acceptors (Lipinski definition) is 2. The summed E-state index contributed by atoms with van der Waals surface area (Å²) in [6.45, 7) is 1.97. The summed E-state index contributed by atoms with van der Waals surface area (Å²) in [6, 6.07) is 11.8. The number of nitrogens with zero attached hydrogens (tertiary/aromatic N) is 2. The number of hydrogen-bond donors (Lipinski definition) is 1. The molecule has 1 amide bonds. The van der Waals surface area contributed by atoms with Gasteiger partial charge in [-0.25, -0.2) is 4.98 Å². The van der Waals surface area contributed by atoms with Crippen molar-refractivity contribution in [2.24, 2.45) is 7.05 Å². The predicted molar refractivity (Wildman–Crippen MR) is 84.2 cm³/mol. The number of rotatable bonds is 3. The smallest absolute Gasteiger partial charge is 0.230 e. The number of fused-ring (bicyclic) bond motifs is 1. The van der Waals surface area contributed by atoms with Gasteiger partial charge in [-0.2, -0.15) is 0 Å². The van der Waals surface area contributed by atoms with E-state index in [9.17, 15) is 4.79 Å². The lowest BCUT2D eigenvalue weighted by atomic mass is 10.1. The van der Waals surface area contributed by atoms with E-state index in [0.29, 0.717) is 12.2 Å². The average molecular weight is 279 g/mol. The Balaban J connectivity index is 1.79. The molecule has 106 valence electrons. The molecule has 0 unspecified atom stereocenters. The molecule has 0 spiro atoms. The number of para-hydroxylation sites is 1. The van der Waals surface area contributed by atoms with Gasteiger partial charge in [-0.3, -0.25) is 4.79 Å². The molecule has 0 radical (unpaired) electrons. The van der Waals surface area contributed by atoms with Gasteiger partial charge in [0.25, 0.3) is 0 Å². The normalized spacial score (nSPS) is 10.8. The van der Waals surface area contributed by atoms with E-state index in [1.807, 2.05) is 55.1 Å². The molecule has 4 heteroatoms. The van der Waals surface area contributed by atoms with Crippen molar-refractivity contribution in [2.75, 3.05) is 5.32 Å². The van der Waals surface area contributed by atoms with E-state index in [2.05, 4.69) is 16.4 Å².